The molecule has 2 aromatic rings. The molecule has 5 nitrogen and oxygen atoms in total. The Morgan fingerprint density at radius 1 is 1.25 bits per heavy atom. The third-order valence-electron chi connectivity index (χ3n) is 2.68. The van der Waals surface area contributed by atoms with Crippen molar-refractivity contribution >= 4 is 34.7 Å². The number of benzene rings is 2. The Labute approximate surface area is 125 Å². The van der Waals surface area contributed by atoms with E-state index in [4.69, 9.17) is 17.4 Å². The normalized spacial score (nSPS) is 10.3. The van der Waals surface area contributed by atoms with Gasteiger partial charge in [0.2, 0.25) is 0 Å². The number of hydrazine groups is 1. The van der Waals surface area contributed by atoms with Gasteiger partial charge in [0.25, 0.3) is 5.69 Å². The van der Waals surface area contributed by atoms with Gasteiger partial charge in [-0.15, -0.1) is 11.8 Å². The zero-order valence-electron chi connectivity index (χ0n) is 10.4. The lowest BCUT2D eigenvalue weighted by molar-refractivity contribution is -0.384. The Kier molecular flexibility index (Phi) is 4.84. The Morgan fingerprint density at radius 2 is 1.95 bits per heavy atom. The highest BCUT2D eigenvalue weighted by Crippen LogP contribution is 2.32. The first-order chi connectivity index (χ1) is 9.61. The summed E-state index contributed by atoms with van der Waals surface area (Å²) in [5.74, 6) is 5.97. The van der Waals surface area contributed by atoms with E-state index in [0.717, 1.165) is 10.5 Å². The Bertz CT molecular complexity index is 620. The molecular formula is C13H12ClN3O2S. The van der Waals surface area contributed by atoms with E-state index in [0.29, 0.717) is 16.5 Å². The number of nitrogens with one attached hydrogen (secondary N) is 1. The van der Waals surface area contributed by atoms with Gasteiger partial charge in [0.1, 0.15) is 5.69 Å². The molecule has 0 saturated carbocycles. The maximum absolute atomic E-state index is 10.9. The van der Waals surface area contributed by atoms with Crippen LogP contribution < -0.4 is 11.3 Å². The van der Waals surface area contributed by atoms with Gasteiger partial charge in [-0.05, 0) is 29.8 Å². The third-order valence-corrected chi connectivity index (χ3v) is 3.99. The highest BCUT2D eigenvalue weighted by atomic mass is 35.5. The summed E-state index contributed by atoms with van der Waals surface area (Å²) in [7, 11) is 0. The molecule has 2 rings (SSSR count). The zero-order valence-corrected chi connectivity index (χ0v) is 11.9. The van der Waals surface area contributed by atoms with E-state index in [1.54, 1.807) is 30.0 Å². The summed E-state index contributed by atoms with van der Waals surface area (Å²) in [5, 5.41) is 11.6. The number of nitrogens with two attached hydrogens (primary N) is 1. The fraction of sp³-hybridized carbons (Fsp3) is 0.0769. The maximum atomic E-state index is 10.9. The number of hydrogen-bond donors (Lipinski definition) is 2. The van der Waals surface area contributed by atoms with Gasteiger partial charge in [-0.3, -0.25) is 16.0 Å². The van der Waals surface area contributed by atoms with Crippen molar-refractivity contribution in [2.75, 3.05) is 5.43 Å². The number of para-hydroxylation sites is 1. The minimum atomic E-state index is -0.453. The van der Waals surface area contributed by atoms with Gasteiger partial charge in [-0.1, -0.05) is 23.7 Å². The third kappa shape index (κ3) is 3.41. The summed E-state index contributed by atoms with van der Waals surface area (Å²) < 4.78 is 0. The number of thioether (sulfide) groups is 1. The zero-order chi connectivity index (χ0) is 14.5. The first kappa shape index (κ1) is 14.6. The van der Waals surface area contributed by atoms with E-state index >= 15 is 0 Å². The first-order valence-electron chi connectivity index (χ1n) is 5.73. The SMILES string of the molecule is NNc1c(CSc2ccc(Cl)cc2)cccc1[N+](=O)[O-]. The van der Waals surface area contributed by atoms with Crippen molar-refractivity contribution in [1.29, 1.82) is 0 Å². The van der Waals surface area contributed by atoms with Gasteiger partial charge >= 0.3 is 0 Å². The fourth-order valence-electron chi connectivity index (χ4n) is 1.72. The second kappa shape index (κ2) is 6.60. The quantitative estimate of drug-likeness (QED) is 0.380. The van der Waals surface area contributed by atoms with E-state index in [-0.39, 0.29) is 5.69 Å². The molecule has 0 atom stereocenters. The molecule has 0 radical (unpaired) electrons. The van der Waals surface area contributed by atoms with Crippen LogP contribution in [0.15, 0.2) is 47.4 Å². The number of nitro benzene ring substituents is 1. The number of halogens is 1. The molecule has 0 bridgehead atoms. The number of nitrogens with zero attached hydrogens (tertiary/aromatic N) is 1. The average Bonchev–Trinajstić information content (AvgIpc) is 2.46. The van der Waals surface area contributed by atoms with Crippen molar-refractivity contribution in [3.05, 3.63) is 63.2 Å². The molecule has 0 amide bonds. The molecule has 2 aromatic carbocycles. The van der Waals surface area contributed by atoms with E-state index in [1.807, 2.05) is 18.2 Å². The van der Waals surface area contributed by atoms with Gasteiger partial charge in [0.15, 0.2) is 0 Å². The summed E-state index contributed by atoms with van der Waals surface area (Å²) in [5.41, 5.74) is 3.51. The van der Waals surface area contributed by atoms with Crippen molar-refractivity contribution in [3.8, 4) is 0 Å². The molecule has 104 valence electrons. The van der Waals surface area contributed by atoms with Crippen LogP contribution in [0, 0.1) is 10.1 Å². The van der Waals surface area contributed by atoms with Crippen LogP contribution in [0.5, 0.6) is 0 Å². The second-order valence-electron chi connectivity index (χ2n) is 3.96. The minimum Gasteiger partial charge on any atom is -0.318 e. The maximum Gasteiger partial charge on any atom is 0.293 e. The molecule has 0 aliphatic carbocycles. The largest absolute Gasteiger partial charge is 0.318 e. The van der Waals surface area contributed by atoms with Crippen molar-refractivity contribution < 1.29 is 4.92 Å². The van der Waals surface area contributed by atoms with E-state index in [1.165, 1.54) is 6.07 Å². The molecular weight excluding hydrogens is 298 g/mol. The molecule has 0 aliphatic heterocycles. The highest BCUT2D eigenvalue weighted by Gasteiger charge is 2.16. The Balaban J connectivity index is 2.19. The number of anilines is 1. The van der Waals surface area contributed by atoms with E-state index in [9.17, 15) is 10.1 Å². The topological polar surface area (TPSA) is 81.2 Å². The van der Waals surface area contributed by atoms with Gasteiger partial charge in [-0.2, -0.15) is 0 Å². The predicted octanol–water partition coefficient (Wildman–Crippen LogP) is 3.83. The lowest BCUT2D eigenvalue weighted by Gasteiger charge is -2.09. The van der Waals surface area contributed by atoms with Crippen LogP contribution in [0.2, 0.25) is 5.02 Å². The van der Waals surface area contributed by atoms with Crippen LogP contribution in [-0.2, 0) is 5.75 Å². The summed E-state index contributed by atoms with van der Waals surface area (Å²) in [6, 6.07) is 12.3. The number of nitrogen functional groups attached to an aromatic ring is 1. The van der Waals surface area contributed by atoms with Crippen LogP contribution in [0.4, 0.5) is 11.4 Å². The van der Waals surface area contributed by atoms with Crippen LogP contribution in [-0.4, -0.2) is 4.92 Å². The molecule has 0 saturated heterocycles. The van der Waals surface area contributed by atoms with Gasteiger partial charge in [-0.25, -0.2) is 0 Å². The fourth-order valence-corrected chi connectivity index (χ4v) is 2.73. The molecule has 0 aromatic heterocycles. The number of hydrogen-bond acceptors (Lipinski definition) is 5. The first-order valence-corrected chi connectivity index (χ1v) is 7.09. The minimum absolute atomic E-state index is 0.0262. The molecule has 7 heteroatoms. The number of rotatable bonds is 5. The van der Waals surface area contributed by atoms with E-state index < -0.39 is 4.92 Å². The smallest absolute Gasteiger partial charge is 0.293 e. The Hall–Kier alpha value is -1.76. The average molecular weight is 310 g/mol. The molecule has 3 N–H and O–H groups in total. The standard InChI is InChI=1S/C13H12ClN3O2S/c14-10-4-6-11(7-5-10)20-8-9-2-1-3-12(17(18)19)13(9)16-15/h1-7,16H,8,15H2. The summed E-state index contributed by atoms with van der Waals surface area (Å²) >= 11 is 7.38. The lowest BCUT2D eigenvalue weighted by Crippen LogP contribution is -2.11. The predicted molar refractivity (Wildman–Crippen MR) is 81.9 cm³/mol. The molecule has 0 heterocycles. The molecule has 0 spiro atoms. The van der Waals surface area contributed by atoms with Crippen LogP contribution in [0.1, 0.15) is 5.56 Å². The molecule has 0 aliphatic rings. The summed E-state index contributed by atoms with van der Waals surface area (Å²) in [6.45, 7) is 0. The van der Waals surface area contributed by atoms with Crippen molar-refractivity contribution in [2.45, 2.75) is 10.6 Å². The van der Waals surface area contributed by atoms with Gasteiger partial charge in [0.05, 0.1) is 4.92 Å². The number of nitro groups is 1. The molecule has 0 fully saturated rings. The monoisotopic (exact) mass is 309 g/mol. The van der Waals surface area contributed by atoms with Gasteiger partial charge in [0, 0.05) is 21.7 Å². The summed E-state index contributed by atoms with van der Waals surface area (Å²) in [4.78, 5) is 11.5. The summed E-state index contributed by atoms with van der Waals surface area (Å²) in [6.07, 6.45) is 0. The van der Waals surface area contributed by atoms with Crippen LogP contribution in [0.3, 0.4) is 0 Å². The van der Waals surface area contributed by atoms with E-state index in [2.05, 4.69) is 5.43 Å². The van der Waals surface area contributed by atoms with Crippen molar-refractivity contribution in [2.24, 2.45) is 5.84 Å². The van der Waals surface area contributed by atoms with Crippen LogP contribution >= 0.6 is 23.4 Å². The van der Waals surface area contributed by atoms with Crippen molar-refractivity contribution in [3.63, 3.8) is 0 Å². The molecule has 0 unspecified atom stereocenters. The second-order valence-corrected chi connectivity index (χ2v) is 5.44. The highest BCUT2D eigenvalue weighted by molar-refractivity contribution is 7.98. The van der Waals surface area contributed by atoms with Gasteiger partial charge < -0.3 is 5.43 Å². The van der Waals surface area contributed by atoms with Crippen LogP contribution in [0.25, 0.3) is 0 Å². The lowest BCUT2D eigenvalue weighted by atomic mass is 10.2. The Morgan fingerprint density at radius 3 is 2.55 bits per heavy atom. The van der Waals surface area contributed by atoms with Crippen molar-refractivity contribution in [1.82, 2.24) is 0 Å². The molecule has 20 heavy (non-hydrogen) atoms.